The minimum Gasteiger partial charge on any atom is -0.457 e. The van der Waals surface area contributed by atoms with E-state index in [1.807, 2.05) is 54.6 Å². The van der Waals surface area contributed by atoms with Gasteiger partial charge in [-0.25, -0.2) is 0 Å². The van der Waals surface area contributed by atoms with Gasteiger partial charge in [0.15, 0.2) is 0 Å². The van der Waals surface area contributed by atoms with Gasteiger partial charge in [-0.15, -0.1) is 0 Å². The van der Waals surface area contributed by atoms with E-state index in [9.17, 15) is 4.79 Å². The standard InChI is InChI=1S/C21H22O4/c1-21(2)17-18(21)20(25-19(17)22)23-12-11-14-7-6-10-16(13-14)24-15-8-4-3-5-9-15/h3-10,13,17-18,20H,11-12H2,1-2H3/t17-,18?,20-/m1/s1. The van der Waals surface area contributed by atoms with Crippen LogP contribution in [-0.2, 0) is 20.7 Å². The van der Waals surface area contributed by atoms with Gasteiger partial charge in [-0.3, -0.25) is 4.79 Å². The molecule has 0 radical (unpaired) electrons. The van der Waals surface area contributed by atoms with Crippen LogP contribution in [-0.4, -0.2) is 18.9 Å². The Hall–Kier alpha value is -2.33. The molecule has 0 aromatic heterocycles. The Labute approximate surface area is 147 Å². The summed E-state index contributed by atoms with van der Waals surface area (Å²) in [5.41, 5.74) is 1.15. The molecule has 0 bridgehead atoms. The van der Waals surface area contributed by atoms with Gasteiger partial charge in [-0.05, 0) is 41.7 Å². The molecule has 1 aliphatic carbocycles. The number of hydrogen-bond acceptors (Lipinski definition) is 4. The fourth-order valence-corrected chi connectivity index (χ4v) is 3.72. The first-order valence-electron chi connectivity index (χ1n) is 8.69. The van der Waals surface area contributed by atoms with Crippen molar-refractivity contribution in [3.63, 3.8) is 0 Å². The van der Waals surface area contributed by atoms with Crippen LogP contribution in [0.4, 0.5) is 0 Å². The van der Waals surface area contributed by atoms with Crippen molar-refractivity contribution >= 4 is 5.97 Å². The maximum atomic E-state index is 11.8. The second-order valence-corrected chi connectivity index (χ2v) is 7.31. The largest absolute Gasteiger partial charge is 0.457 e. The van der Waals surface area contributed by atoms with Gasteiger partial charge in [-0.2, -0.15) is 0 Å². The molecule has 2 aliphatic rings. The smallest absolute Gasteiger partial charge is 0.312 e. The lowest BCUT2D eigenvalue weighted by Crippen LogP contribution is -2.23. The van der Waals surface area contributed by atoms with E-state index in [4.69, 9.17) is 14.2 Å². The van der Waals surface area contributed by atoms with Gasteiger partial charge in [0.2, 0.25) is 6.29 Å². The molecule has 1 saturated carbocycles. The van der Waals surface area contributed by atoms with Crippen LogP contribution in [0.15, 0.2) is 54.6 Å². The molecular formula is C21H22O4. The highest BCUT2D eigenvalue weighted by Gasteiger charge is 2.71. The predicted octanol–water partition coefficient (Wildman–Crippen LogP) is 4.19. The fraction of sp³-hybridized carbons (Fsp3) is 0.381. The third kappa shape index (κ3) is 3.14. The summed E-state index contributed by atoms with van der Waals surface area (Å²) in [5, 5.41) is 0. The summed E-state index contributed by atoms with van der Waals surface area (Å²) < 4.78 is 17.0. The molecule has 0 spiro atoms. The van der Waals surface area contributed by atoms with Gasteiger partial charge in [-0.1, -0.05) is 44.2 Å². The number of rotatable bonds is 6. The van der Waals surface area contributed by atoms with E-state index in [1.54, 1.807) is 0 Å². The lowest BCUT2D eigenvalue weighted by Gasteiger charge is -2.18. The average molecular weight is 338 g/mol. The molecule has 0 N–H and O–H groups in total. The maximum Gasteiger partial charge on any atom is 0.312 e. The first-order chi connectivity index (χ1) is 12.1. The minimum atomic E-state index is -0.392. The van der Waals surface area contributed by atoms with Gasteiger partial charge in [0.25, 0.3) is 0 Å². The lowest BCUT2D eigenvalue weighted by atomic mass is 10.1. The molecule has 3 atom stereocenters. The van der Waals surface area contributed by atoms with Gasteiger partial charge in [0.05, 0.1) is 12.5 Å². The van der Waals surface area contributed by atoms with Crippen LogP contribution in [0.1, 0.15) is 19.4 Å². The Morgan fingerprint density at radius 1 is 1.04 bits per heavy atom. The molecule has 25 heavy (non-hydrogen) atoms. The van der Waals surface area contributed by atoms with E-state index in [0.29, 0.717) is 6.61 Å². The summed E-state index contributed by atoms with van der Waals surface area (Å²) in [6.07, 6.45) is 0.356. The van der Waals surface area contributed by atoms with Gasteiger partial charge in [0.1, 0.15) is 11.5 Å². The number of benzene rings is 2. The number of hydrogen-bond donors (Lipinski definition) is 0. The monoisotopic (exact) mass is 338 g/mol. The first kappa shape index (κ1) is 16.2. The van der Waals surface area contributed by atoms with Gasteiger partial charge >= 0.3 is 5.97 Å². The SMILES string of the molecule is CC1(C)C2[C@H](OCCc3cccc(Oc4ccccc4)c3)OC(=O)[C@@H]21. The van der Waals surface area contributed by atoms with Crippen LogP contribution in [0, 0.1) is 17.3 Å². The van der Waals surface area contributed by atoms with E-state index in [1.165, 1.54) is 0 Å². The van der Waals surface area contributed by atoms with Crippen molar-refractivity contribution in [2.45, 2.75) is 26.6 Å². The second kappa shape index (κ2) is 6.19. The van der Waals surface area contributed by atoms with E-state index in [2.05, 4.69) is 13.8 Å². The normalized spacial score (nSPS) is 26.0. The number of esters is 1. The Morgan fingerprint density at radius 3 is 2.52 bits per heavy atom. The molecule has 2 aromatic carbocycles. The molecule has 2 aromatic rings. The maximum absolute atomic E-state index is 11.8. The van der Waals surface area contributed by atoms with E-state index >= 15 is 0 Å². The number of fused-ring (bicyclic) bond motifs is 1. The topological polar surface area (TPSA) is 44.8 Å². The molecule has 1 heterocycles. The van der Waals surface area contributed by atoms with Crippen LogP contribution >= 0.6 is 0 Å². The van der Waals surface area contributed by atoms with Crippen molar-refractivity contribution in [1.82, 2.24) is 0 Å². The van der Waals surface area contributed by atoms with Crippen molar-refractivity contribution in [3.8, 4) is 11.5 Å². The molecule has 4 nitrogen and oxygen atoms in total. The summed E-state index contributed by atoms with van der Waals surface area (Å²) in [5.74, 6) is 1.72. The molecule has 2 fully saturated rings. The van der Waals surface area contributed by atoms with Gasteiger partial charge < -0.3 is 14.2 Å². The quantitative estimate of drug-likeness (QED) is 0.741. The summed E-state index contributed by atoms with van der Waals surface area (Å²) in [6.45, 7) is 4.72. The molecular weight excluding hydrogens is 316 g/mol. The molecule has 0 amide bonds. The van der Waals surface area contributed by atoms with Crippen molar-refractivity contribution in [3.05, 3.63) is 60.2 Å². The highest BCUT2D eigenvalue weighted by atomic mass is 16.7. The zero-order chi connectivity index (χ0) is 17.4. The number of carbonyl (C=O) groups is 1. The third-order valence-electron chi connectivity index (χ3n) is 5.24. The summed E-state index contributed by atoms with van der Waals surface area (Å²) in [4.78, 5) is 11.8. The van der Waals surface area contributed by atoms with Crippen LogP contribution in [0.2, 0.25) is 0 Å². The number of cyclic esters (lactones) is 1. The molecule has 1 unspecified atom stereocenters. The number of ether oxygens (including phenoxy) is 3. The summed E-state index contributed by atoms with van der Waals surface area (Å²) in [7, 11) is 0. The van der Waals surface area contributed by atoms with Crippen LogP contribution < -0.4 is 4.74 Å². The predicted molar refractivity (Wildman–Crippen MR) is 93.3 cm³/mol. The molecule has 1 aliphatic heterocycles. The number of carbonyl (C=O) groups excluding carboxylic acids is 1. The molecule has 4 rings (SSSR count). The van der Waals surface area contributed by atoms with Crippen LogP contribution in [0.25, 0.3) is 0 Å². The van der Waals surface area contributed by atoms with Crippen molar-refractivity contribution in [2.75, 3.05) is 6.61 Å². The van der Waals surface area contributed by atoms with E-state index in [0.717, 1.165) is 23.5 Å². The number of para-hydroxylation sites is 1. The van der Waals surface area contributed by atoms with E-state index < -0.39 is 6.29 Å². The van der Waals surface area contributed by atoms with Crippen molar-refractivity contribution in [2.24, 2.45) is 17.3 Å². The Kier molecular flexibility index (Phi) is 4.00. The van der Waals surface area contributed by atoms with Crippen LogP contribution in [0.3, 0.4) is 0 Å². The Morgan fingerprint density at radius 2 is 1.80 bits per heavy atom. The zero-order valence-corrected chi connectivity index (χ0v) is 14.5. The van der Waals surface area contributed by atoms with Gasteiger partial charge in [0, 0.05) is 5.92 Å². The Balaban J connectivity index is 1.32. The second-order valence-electron chi connectivity index (χ2n) is 7.31. The minimum absolute atomic E-state index is 0.0140. The Bertz CT molecular complexity index is 768. The molecule has 130 valence electrons. The lowest BCUT2D eigenvalue weighted by molar-refractivity contribution is -0.175. The van der Waals surface area contributed by atoms with Crippen LogP contribution in [0.5, 0.6) is 11.5 Å². The zero-order valence-electron chi connectivity index (χ0n) is 14.5. The van der Waals surface area contributed by atoms with E-state index in [-0.39, 0.29) is 23.2 Å². The van der Waals surface area contributed by atoms with Crippen molar-refractivity contribution < 1.29 is 19.0 Å². The molecule has 4 heteroatoms. The average Bonchev–Trinajstić information content (AvgIpc) is 2.99. The third-order valence-corrected chi connectivity index (χ3v) is 5.24. The summed E-state index contributed by atoms with van der Waals surface area (Å²) >= 11 is 0. The highest BCUT2D eigenvalue weighted by molar-refractivity contribution is 5.80. The van der Waals surface area contributed by atoms with Crippen molar-refractivity contribution in [1.29, 1.82) is 0 Å². The fourth-order valence-electron chi connectivity index (χ4n) is 3.72. The summed E-state index contributed by atoms with van der Waals surface area (Å²) in [6, 6.07) is 17.7. The highest BCUT2D eigenvalue weighted by Crippen LogP contribution is 2.64. The first-order valence-corrected chi connectivity index (χ1v) is 8.69. The molecule has 1 saturated heterocycles.